The Morgan fingerprint density at radius 2 is 2.39 bits per heavy atom. The molecule has 0 amide bonds. The van der Waals surface area contributed by atoms with Gasteiger partial charge in [-0.1, -0.05) is 6.92 Å². The fourth-order valence-electron chi connectivity index (χ4n) is 1.75. The molecule has 2 heterocycles. The van der Waals surface area contributed by atoms with Gasteiger partial charge in [0, 0.05) is 18.2 Å². The lowest BCUT2D eigenvalue weighted by Gasteiger charge is -2.06. The summed E-state index contributed by atoms with van der Waals surface area (Å²) in [5.74, 6) is 0.544. The molecule has 0 aliphatic rings. The van der Waals surface area contributed by atoms with Crippen molar-refractivity contribution >= 4 is 11.8 Å². The molecule has 0 spiro atoms. The Morgan fingerprint density at radius 1 is 1.61 bits per heavy atom. The summed E-state index contributed by atoms with van der Waals surface area (Å²) in [6, 6.07) is 0. The maximum absolute atomic E-state index is 11.5. The van der Waals surface area contributed by atoms with Crippen LogP contribution >= 0.6 is 0 Å². The van der Waals surface area contributed by atoms with Crippen LogP contribution in [-0.4, -0.2) is 32.8 Å². The number of methoxy groups -OCH3 is 1. The Bertz CT molecular complexity index is 544. The van der Waals surface area contributed by atoms with E-state index in [4.69, 9.17) is 5.73 Å². The van der Waals surface area contributed by atoms with Gasteiger partial charge in [-0.3, -0.25) is 5.10 Å². The lowest BCUT2D eigenvalue weighted by Crippen LogP contribution is -2.09. The number of nitrogens with zero attached hydrogens (tertiary/aromatic N) is 3. The number of hydrogen-bond acceptors (Lipinski definition) is 5. The number of imidazole rings is 1. The standard InChI is InChI=1S/C11H15N5O2/c1-3-8-15-9(11(17)18-2)10(12)16(8)6-7-4-13-14-5-7/h4-5H,3,6,12H2,1-2H3,(H,13,14). The highest BCUT2D eigenvalue weighted by Crippen LogP contribution is 2.17. The summed E-state index contributed by atoms with van der Waals surface area (Å²) >= 11 is 0. The van der Waals surface area contributed by atoms with Crippen LogP contribution in [0, 0.1) is 0 Å². The predicted molar refractivity (Wildman–Crippen MR) is 65.0 cm³/mol. The van der Waals surface area contributed by atoms with E-state index in [1.165, 1.54) is 7.11 Å². The van der Waals surface area contributed by atoms with E-state index >= 15 is 0 Å². The zero-order chi connectivity index (χ0) is 13.1. The van der Waals surface area contributed by atoms with Gasteiger partial charge in [0.15, 0.2) is 5.69 Å². The van der Waals surface area contributed by atoms with Gasteiger partial charge in [0.25, 0.3) is 0 Å². The minimum atomic E-state index is -0.520. The van der Waals surface area contributed by atoms with E-state index in [9.17, 15) is 4.79 Å². The fourth-order valence-corrected chi connectivity index (χ4v) is 1.75. The number of aromatic amines is 1. The van der Waals surface area contributed by atoms with Gasteiger partial charge in [0.1, 0.15) is 11.6 Å². The van der Waals surface area contributed by atoms with Crippen molar-refractivity contribution in [3.8, 4) is 0 Å². The van der Waals surface area contributed by atoms with Gasteiger partial charge in [-0.25, -0.2) is 9.78 Å². The van der Waals surface area contributed by atoms with Crippen molar-refractivity contribution in [2.45, 2.75) is 19.9 Å². The molecule has 7 nitrogen and oxygen atoms in total. The molecule has 2 aromatic heterocycles. The van der Waals surface area contributed by atoms with E-state index in [0.717, 1.165) is 11.4 Å². The molecule has 0 saturated carbocycles. The van der Waals surface area contributed by atoms with E-state index in [1.54, 1.807) is 17.0 Å². The molecule has 7 heteroatoms. The Hall–Kier alpha value is -2.31. The minimum Gasteiger partial charge on any atom is -0.464 e. The minimum absolute atomic E-state index is 0.165. The monoisotopic (exact) mass is 249 g/mol. The molecule has 0 aromatic carbocycles. The van der Waals surface area contributed by atoms with E-state index < -0.39 is 5.97 Å². The van der Waals surface area contributed by atoms with Crippen molar-refractivity contribution in [3.05, 3.63) is 29.5 Å². The van der Waals surface area contributed by atoms with E-state index in [0.29, 0.717) is 18.8 Å². The van der Waals surface area contributed by atoms with Crippen molar-refractivity contribution in [1.29, 1.82) is 0 Å². The molecule has 0 aliphatic carbocycles. The molecule has 0 atom stereocenters. The summed E-state index contributed by atoms with van der Waals surface area (Å²) in [6.45, 7) is 2.48. The van der Waals surface area contributed by atoms with Crippen LogP contribution in [0.3, 0.4) is 0 Å². The summed E-state index contributed by atoms with van der Waals surface area (Å²) in [5.41, 5.74) is 7.07. The second kappa shape index (κ2) is 4.91. The predicted octanol–water partition coefficient (Wildman–Crippen LogP) is 0.586. The summed E-state index contributed by atoms with van der Waals surface area (Å²) in [4.78, 5) is 15.7. The third kappa shape index (κ3) is 2.06. The van der Waals surface area contributed by atoms with Crippen molar-refractivity contribution in [2.24, 2.45) is 0 Å². The number of carbonyl (C=O) groups is 1. The number of aromatic nitrogens is 4. The van der Waals surface area contributed by atoms with Gasteiger partial charge in [-0.15, -0.1) is 0 Å². The van der Waals surface area contributed by atoms with Gasteiger partial charge in [-0.05, 0) is 0 Å². The molecular formula is C11H15N5O2. The first-order valence-corrected chi connectivity index (χ1v) is 5.58. The number of hydrogen-bond donors (Lipinski definition) is 2. The van der Waals surface area contributed by atoms with Gasteiger partial charge >= 0.3 is 5.97 Å². The third-order valence-corrected chi connectivity index (χ3v) is 2.68. The molecule has 0 radical (unpaired) electrons. The molecule has 3 N–H and O–H groups in total. The Labute approximate surface area is 104 Å². The number of anilines is 1. The number of nitrogens with two attached hydrogens (primary N) is 1. The molecule has 18 heavy (non-hydrogen) atoms. The largest absolute Gasteiger partial charge is 0.464 e. The number of rotatable bonds is 4. The Kier molecular flexibility index (Phi) is 3.31. The third-order valence-electron chi connectivity index (χ3n) is 2.68. The summed E-state index contributed by atoms with van der Waals surface area (Å²) < 4.78 is 6.44. The summed E-state index contributed by atoms with van der Waals surface area (Å²) in [6.07, 6.45) is 4.16. The maximum Gasteiger partial charge on any atom is 0.360 e. The van der Waals surface area contributed by atoms with Crippen molar-refractivity contribution in [3.63, 3.8) is 0 Å². The second-order valence-electron chi connectivity index (χ2n) is 3.80. The van der Waals surface area contributed by atoms with Crippen LogP contribution in [0.5, 0.6) is 0 Å². The maximum atomic E-state index is 11.5. The van der Waals surface area contributed by atoms with E-state index in [-0.39, 0.29) is 5.69 Å². The number of aryl methyl sites for hydroxylation is 1. The molecule has 0 saturated heterocycles. The highest BCUT2D eigenvalue weighted by atomic mass is 16.5. The zero-order valence-corrected chi connectivity index (χ0v) is 10.3. The van der Waals surface area contributed by atoms with Crippen LogP contribution < -0.4 is 5.73 Å². The van der Waals surface area contributed by atoms with Crippen LogP contribution in [0.1, 0.15) is 28.8 Å². The number of H-pyrrole nitrogens is 1. The summed E-state index contributed by atoms with van der Waals surface area (Å²) in [7, 11) is 1.31. The van der Waals surface area contributed by atoms with Gasteiger partial charge in [0.05, 0.1) is 19.9 Å². The molecular weight excluding hydrogens is 234 g/mol. The van der Waals surface area contributed by atoms with E-state index in [2.05, 4.69) is 19.9 Å². The number of nitrogens with one attached hydrogen (secondary N) is 1. The quantitative estimate of drug-likeness (QED) is 0.772. The molecule has 2 aromatic rings. The number of nitrogen functional groups attached to an aromatic ring is 1. The van der Waals surface area contributed by atoms with Crippen molar-refractivity contribution in [1.82, 2.24) is 19.7 Å². The molecule has 0 unspecified atom stereocenters. The fraction of sp³-hybridized carbons (Fsp3) is 0.364. The van der Waals surface area contributed by atoms with Crippen molar-refractivity contribution < 1.29 is 9.53 Å². The van der Waals surface area contributed by atoms with Gasteiger partial charge in [-0.2, -0.15) is 5.10 Å². The molecule has 0 aliphatic heterocycles. The highest BCUT2D eigenvalue weighted by molar-refractivity contribution is 5.92. The van der Waals surface area contributed by atoms with Crippen LogP contribution in [-0.2, 0) is 17.7 Å². The van der Waals surface area contributed by atoms with Crippen LogP contribution in [0.25, 0.3) is 0 Å². The normalized spacial score (nSPS) is 10.6. The Morgan fingerprint density at radius 3 is 2.94 bits per heavy atom. The molecule has 2 rings (SSSR count). The van der Waals surface area contributed by atoms with Crippen LogP contribution in [0.15, 0.2) is 12.4 Å². The second-order valence-corrected chi connectivity index (χ2v) is 3.80. The first-order chi connectivity index (χ1) is 8.67. The average molecular weight is 249 g/mol. The number of esters is 1. The Balaban J connectivity index is 2.39. The highest BCUT2D eigenvalue weighted by Gasteiger charge is 2.20. The average Bonchev–Trinajstić information content (AvgIpc) is 2.99. The molecule has 0 bridgehead atoms. The van der Waals surface area contributed by atoms with E-state index in [1.807, 2.05) is 6.92 Å². The first-order valence-electron chi connectivity index (χ1n) is 5.58. The first kappa shape index (κ1) is 12.2. The topological polar surface area (TPSA) is 98.8 Å². The van der Waals surface area contributed by atoms with Crippen LogP contribution in [0.4, 0.5) is 5.82 Å². The molecule has 96 valence electrons. The summed E-state index contributed by atoms with van der Waals surface area (Å²) in [5, 5.41) is 6.60. The lowest BCUT2D eigenvalue weighted by atomic mass is 10.3. The zero-order valence-electron chi connectivity index (χ0n) is 10.3. The van der Waals surface area contributed by atoms with Crippen LogP contribution in [0.2, 0.25) is 0 Å². The molecule has 0 fully saturated rings. The number of carbonyl (C=O) groups excluding carboxylic acids is 1. The number of ether oxygens (including phenoxy) is 1. The van der Waals surface area contributed by atoms with Crippen molar-refractivity contribution in [2.75, 3.05) is 12.8 Å². The van der Waals surface area contributed by atoms with Gasteiger partial charge in [0.2, 0.25) is 0 Å². The smallest absolute Gasteiger partial charge is 0.360 e. The SMILES string of the molecule is CCc1nc(C(=O)OC)c(N)n1Cc1cn[nH]c1. The lowest BCUT2D eigenvalue weighted by molar-refractivity contribution is 0.0595. The van der Waals surface area contributed by atoms with Gasteiger partial charge < -0.3 is 15.0 Å².